The van der Waals surface area contributed by atoms with Crippen LogP contribution in [0.15, 0.2) is 170 Å². The standard InChI is InChI=1S/C80H129NO8/c1-6-8-10-12-14-16-18-20-22-24-26-28-30-32-34-35-36-37-38-39-40-41-42-43-45-47-49-51-53-55-57-59-61-63-65-67-69-71-78(83)89-76(75-88-80(79(84)85)86-73-72-81(3,4)5)74-87-77(82)70-68-66-64-62-60-58-56-54-52-50-48-46-44-33-31-29-27-25-23-21-19-17-15-13-11-9-7-2/h8-11,14-17,20-23,26-29,32-34,36-37,39-40,44,48,50,54,56,76,80H,6-7,12-13,18-19,24-25,30-31,35,38,41-43,45-47,49,51-53,55,57-75H2,1-5H3/p+1/b10-8-,11-9-,16-14-,17-15-,22-20-,23-21-,28-26-,29-27-,34-32-,37-36-,40-39-,44-33-,50-48-,56-54-. The lowest BCUT2D eigenvalue weighted by Crippen LogP contribution is -2.40. The Labute approximate surface area is 546 Å². The van der Waals surface area contributed by atoms with Gasteiger partial charge in [-0.1, -0.05) is 287 Å². The molecule has 0 heterocycles. The second-order valence-electron chi connectivity index (χ2n) is 24.1. The fourth-order valence-corrected chi connectivity index (χ4v) is 9.15. The van der Waals surface area contributed by atoms with Crippen molar-refractivity contribution in [2.75, 3.05) is 47.5 Å². The molecule has 502 valence electrons. The zero-order valence-electron chi connectivity index (χ0n) is 57.3. The summed E-state index contributed by atoms with van der Waals surface area (Å²) in [6.07, 6.45) is 100. The predicted octanol–water partition coefficient (Wildman–Crippen LogP) is 22.2. The van der Waals surface area contributed by atoms with Gasteiger partial charge in [0.05, 0.1) is 34.4 Å². The Bertz CT molecular complexity index is 2070. The van der Waals surface area contributed by atoms with Gasteiger partial charge in [0.2, 0.25) is 0 Å². The van der Waals surface area contributed by atoms with Gasteiger partial charge in [-0.25, -0.2) is 4.79 Å². The van der Waals surface area contributed by atoms with Gasteiger partial charge in [-0.3, -0.25) is 9.59 Å². The number of carbonyl (C=O) groups is 3. The van der Waals surface area contributed by atoms with Crippen LogP contribution in [-0.4, -0.2) is 87.4 Å². The van der Waals surface area contributed by atoms with Gasteiger partial charge in [-0.05, 0) is 128 Å². The molecule has 0 aromatic heterocycles. The Morgan fingerprint density at radius 2 is 0.607 bits per heavy atom. The molecule has 2 unspecified atom stereocenters. The molecule has 0 aliphatic heterocycles. The van der Waals surface area contributed by atoms with Crippen LogP contribution in [0, 0.1) is 0 Å². The molecule has 0 aliphatic rings. The Morgan fingerprint density at radius 1 is 0.337 bits per heavy atom. The van der Waals surface area contributed by atoms with Crippen molar-refractivity contribution in [3.63, 3.8) is 0 Å². The molecule has 0 saturated heterocycles. The van der Waals surface area contributed by atoms with Crippen LogP contribution in [0.25, 0.3) is 0 Å². The summed E-state index contributed by atoms with van der Waals surface area (Å²) in [4.78, 5) is 37.6. The predicted molar refractivity (Wildman–Crippen MR) is 382 cm³/mol. The van der Waals surface area contributed by atoms with E-state index in [0.29, 0.717) is 23.9 Å². The quantitative estimate of drug-likeness (QED) is 0.0211. The molecule has 89 heavy (non-hydrogen) atoms. The van der Waals surface area contributed by atoms with Crippen LogP contribution in [0.5, 0.6) is 0 Å². The Morgan fingerprint density at radius 3 is 0.899 bits per heavy atom. The first-order chi connectivity index (χ1) is 43.6. The molecule has 0 amide bonds. The number of nitrogens with zero attached hydrogens (tertiary/aromatic N) is 1. The van der Waals surface area contributed by atoms with Crippen molar-refractivity contribution in [2.45, 2.75) is 270 Å². The van der Waals surface area contributed by atoms with Crippen LogP contribution in [0.1, 0.15) is 258 Å². The van der Waals surface area contributed by atoms with Crippen molar-refractivity contribution in [1.82, 2.24) is 0 Å². The molecule has 2 atom stereocenters. The topological polar surface area (TPSA) is 108 Å². The number of allylic oxidation sites excluding steroid dienone is 28. The average molecular weight is 1230 g/mol. The van der Waals surface area contributed by atoms with Crippen molar-refractivity contribution in [2.24, 2.45) is 0 Å². The van der Waals surface area contributed by atoms with Gasteiger partial charge < -0.3 is 28.5 Å². The molecule has 0 spiro atoms. The smallest absolute Gasteiger partial charge is 0.361 e. The van der Waals surface area contributed by atoms with Gasteiger partial charge in [0, 0.05) is 12.8 Å². The average Bonchev–Trinajstić information content (AvgIpc) is 3.70. The maximum atomic E-state index is 13.0. The summed E-state index contributed by atoms with van der Waals surface area (Å²) in [7, 11) is 5.96. The molecule has 0 aromatic rings. The number of carboxylic acid groups (broad SMARTS) is 1. The van der Waals surface area contributed by atoms with E-state index in [2.05, 4.69) is 184 Å². The molecular weight excluding hydrogens is 1100 g/mol. The van der Waals surface area contributed by atoms with Gasteiger partial charge in [0.1, 0.15) is 13.2 Å². The second kappa shape index (κ2) is 68.6. The summed E-state index contributed by atoms with van der Waals surface area (Å²) in [5.74, 6) is -2.04. The van der Waals surface area contributed by atoms with Gasteiger partial charge in [0.25, 0.3) is 6.29 Å². The number of carbonyl (C=O) groups excluding carboxylic acids is 2. The first-order valence-corrected chi connectivity index (χ1v) is 35.3. The normalized spacial score (nSPS) is 13.8. The molecule has 1 N–H and O–H groups in total. The molecule has 0 aromatic carbocycles. The van der Waals surface area contributed by atoms with E-state index in [1.165, 1.54) is 77.0 Å². The number of hydrogen-bond donors (Lipinski definition) is 1. The number of rotatable bonds is 63. The lowest BCUT2D eigenvalue weighted by molar-refractivity contribution is -0.870. The first kappa shape index (κ1) is 83.7. The van der Waals surface area contributed by atoms with E-state index in [1.807, 2.05) is 21.1 Å². The van der Waals surface area contributed by atoms with Crippen molar-refractivity contribution in [3.8, 4) is 0 Å². The highest BCUT2D eigenvalue weighted by Crippen LogP contribution is 2.16. The van der Waals surface area contributed by atoms with Crippen molar-refractivity contribution in [1.29, 1.82) is 0 Å². The van der Waals surface area contributed by atoms with E-state index in [4.69, 9.17) is 18.9 Å². The van der Waals surface area contributed by atoms with Crippen molar-refractivity contribution < 1.29 is 42.9 Å². The van der Waals surface area contributed by atoms with E-state index < -0.39 is 24.3 Å². The number of esters is 2. The van der Waals surface area contributed by atoms with Crippen molar-refractivity contribution in [3.05, 3.63) is 170 Å². The minimum atomic E-state index is -1.53. The van der Waals surface area contributed by atoms with Gasteiger partial charge in [-0.2, -0.15) is 0 Å². The molecule has 0 aliphatic carbocycles. The molecular formula is C80H130NO8+. The minimum absolute atomic E-state index is 0.176. The highest BCUT2D eigenvalue weighted by Gasteiger charge is 2.25. The summed E-state index contributed by atoms with van der Waals surface area (Å²) in [5, 5.41) is 9.75. The summed E-state index contributed by atoms with van der Waals surface area (Å²) in [5.41, 5.74) is 0. The first-order valence-electron chi connectivity index (χ1n) is 35.3. The summed E-state index contributed by atoms with van der Waals surface area (Å²) in [6, 6.07) is 0. The van der Waals surface area contributed by atoms with E-state index >= 15 is 0 Å². The number of unbranched alkanes of at least 4 members (excludes halogenated alkanes) is 20. The summed E-state index contributed by atoms with van der Waals surface area (Å²) >= 11 is 0. The van der Waals surface area contributed by atoms with Gasteiger partial charge in [-0.15, -0.1) is 0 Å². The van der Waals surface area contributed by atoms with Crippen LogP contribution in [-0.2, 0) is 33.3 Å². The number of likely N-dealkylation sites (N-methyl/N-ethyl adjacent to an activating group) is 1. The van der Waals surface area contributed by atoms with Gasteiger partial charge >= 0.3 is 17.9 Å². The Hall–Kier alpha value is -5.35. The number of aliphatic carboxylic acids is 1. The van der Waals surface area contributed by atoms with Crippen LogP contribution in [0.4, 0.5) is 0 Å². The monoisotopic (exact) mass is 1230 g/mol. The Balaban J connectivity index is 4.18. The lowest BCUT2D eigenvalue weighted by atomic mass is 10.0. The number of quaternary nitrogens is 1. The zero-order chi connectivity index (χ0) is 64.7. The second-order valence-corrected chi connectivity index (χ2v) is 24.1. The van der Waals surface area contributed by atoms with Gasteiger partial charge in [0.15, 0.2) is 6.10 Å². The number of ether oxygens (including phenoxy) is 4. The third-order valence-electron chi connectivity index (χ3n) is 14.5. The lowest BCUT2D eigenvalue weighted by Gasteiger charge is -2.25. The highest BCUT2D eigenvalue weighted by atomic mass is 16.7. The van der Waals surface area contributed by atoms with E-state index in [9.17, 15) is 19.5 Å². The molecule has 9 heteroatoms. The largest absolute Gasteiger partial charge is 0.477 e. The molecule has 0 radical (unpaired) electrons. The van der Waals surface area contributed by atoms with Crippen LogP contribution in [0.3, 0.4) is 0 Å². The fourth-order valence-electron chi connectivity index (χ4n) is 9.15. The third-order valence-corrected chi connectivity index (χ3v) is 14.5. The highest BCUT2D eigenvalue weighted by molar-refractivity contribution is 5.71. The maximum Gasteiger partial charge on any atom is 0.361 e. The van der Waals surface area contributed by atoms with E-state index in [1.54, 1.807) is 0 Å². The third kappa shape index (κ3) is 70.0. The maximum absolute atomic E-state index is 13.0. The van der Waals surface area contributed by atoms with Crippen LogP contribution < -0.4 is 0 Å². The summed E-state index contributed by atoms with van der Waals surface area (Å²) in [6.45, 7) is 4.62. The van der Waals surface area contributed by atoms with E-state index in [-0.39, 0.29) is 38.6 Å². The molecule has 0 rings (SSSR count). The molecule has 0 bridgehead atoms. The molecule has 0 fully saturated rings. The van der Waals surface area contributed by atoms with Crippen LogP contribution >= 0.6 is 0 Å². The number of carboxylic acids is 1. The van der Waals surface area contributed by atoms with Crippen molar-refractivity contribution >= 4 is 17.9 Å². The SMILES string of the molecule is CC/C=C\C/C=C\C/C=C\C/C=C\C/C=C\C/C=C\C/C=C\CCCCCCCCCCCCCCCCCC(=O)OC(COC(=O)CCCCCCC/C=C\C/C=C\C/C=C\C/C=C\C/C=C\C/C=C\C/C=C\CC)COC(OCC[N+](C)(C)C)C(=O)O. The van der Waals surface area contributed by atoms with Crippen LogP contribution in [0.2, 0.25) is 0 Å². The molecule has 0 saturated carbocycles. The minimum Gasteiger partial charge on any atom is -0.477 e. The molecule has 9 nitrogen and oxygen atoms in total. The summed E-state index contributed by atoms with van der Waals surface area (Å²) < 4.78 is 23.0. The van der Waals surface area contributed by atoms with E-state index in [0.717, 1.165) is 141 Å². The fraction of sp³-hybridized carbons (Fsp3) is 0.613. The zero-order valence-corrected chi connectivity index (χ0v) is 57.3. The number of hydrogen-bond acceptors (Lipinski definition) is 7. The Kier molecular flexibility index (Phi) is 64.4.